The minimum absolute atomic E-state index is 0.102. The number of anilines is 2. The number of hydrogen-bond donors (Lipinski definition) is 2. The van der Waals surface area contributed by atoms with Crippen molar-refractivity contribution in [2.75, 3.05) is 36.9 Å². The van der Waals surface area contributed by atoms with Crippen LogP contribution in [0.25, 0.3) is 11.1 Å². The Kier molecular flexibility index (Phi) is 2.81. The van der Waals surface area contributed by atoms with Gasteiger partial charge in [-0.1, -0.05) is 0 Å². The number of hydrogen-bond acceptors (Lipinski definition) is 6. The van der Waals surface area contributed by atoms with Gasteiger partial charge in [0.1, 0.15) is 5.52 Å². The largest absolute Gasteiger partial charge is 0.423 e. The summed E-state index contributed by atoms with van der Waals surface area (Å²) in [5.41, 5.74) is 8.37. The van der Waals surface area contributed by atoms with Gasteiger partial charge in [-0.2, -0.15) is 4.98 Å². The third kappa shape index (κ3) is 1.89. The lowest BCUT2D eigenvalue weighted by molar-refractivity contribution is 0.120. The molecule has 0 radical (unpaired) electrons. The molecule has 1 aromatic heterocycles. The summed E-state index contributed by atoms with van der Waals surface area (Å²) >= 11 is 0. The molecule has 2 heterocycles. The first-order valence-corrected chi connectivity index (χ1v) is 5.90. The minimum atomic E-state index is -0.102. The van der Waals surface area contributed by atoms with Crippen LogP contribution in [0.1, 0.15) is 5.56 Å². The summed E-state index contributed by atoms with van der Waals surface area (Å²) in [6.45, 7) is 2.81. The smallest absolute Gasteiger partial charge is 0.298 e. The number of nitrogens with zero attached hydrogens (tertiary/aromatic N) is 2. The fourth-order valence-electron chi connectivity index (χ4n) is 2.05. The van der Waals surface area contributed by atoms with E-state index in [4.69, 9.17) is 20.0 Å². The molecule has 6 heteroatoms. The molecule has 3 N–H and O–H groups in total. The quantitative estimate of drug-likeness (QED) is 0.764. The molecule has 0 amide bonds. The van der Waals surface area contributed by atoms with Crippen LogP contribution in [0.2, 0.25) is 0 Å². The van der Waals surface area contributed by atoms with E-state index in [9.17, 15) is 0 Å². The van der Waals surface area contributed by atoms with Gasteiger partial charge in [-0.15, -0.1) is 0 Å². The van der Waals surface area contributed by atoms with Crippen molar-refractivity contribution < 1.29 is 14.3 Å². The van der Waals surface area contributed by atoms with E-state index in [0.717, 1.165) is 13.1 Å². The molecule has 0 unspecified atom stereocenters. The van der Waals surface area contributed by atoms with E-state index in [1.165, 1.54) is 0 Å². The molecule has 1 aliphatic rings. The fourth-order valence-corrected chi connectivity index (χ4v) is 2.05. The second-order valence-corrected chi connectivity index (χ2v) is 4.27. The van der Waals surface area contributed by atoms with Crippen LogP contribution >= 0.6 is 0 Å². The van der Waals surface area contributed by atoms with Crippen molar-refractivity contribution in [2.24, 2.45) is 0 Å². The van der Waals surface area contributed by atoms with Gasteiger partial charge in [0.15, 0.2) is 5.58 Å². The van der Waals surface area contributed by atoms with E-state index in [2.05, 4.69) is 4.98 Å². The molecule has 18 heavy (non-hydrogen) atoms. The van der Waals surface area contributed by atoms with Crippen molar-refractivity contribution in [3.63, 3.8) is 0 Å². The van der Waals surface area contributed by atoms with E-state index in [1.807, 2.05) is 4.90 Å². The molecule has 0 bridgehead atoms. The van der Waals surface area contributed by atoms with Gasteiger partial charge < -0.3 is 24.9 Å². The molecule has 2 aromatic rings. The van der Waals surface area contributed by atoms with Crippen LogP contribution < -0.4 is 10.6 Å². The van der Waals surface area contributed by atoms with Crippen LogP contribution in [0.15, 0.2) is 16.5 Å². The third-order valence-electron chi connectivity index (χ3n) is 3.09. The summed E-state index contributed by atoms with van der Waals surface area (Å²) in [4.78, 5) is 6.45. The molecule has 96 valence electrons. The molecular weight excluding hydrogens is 234 g/mol. The molecule has 0 aliphatic carbocycles. The average Bonchev–Trinajstić information content (AvgIpc) is 2.81. The van der Waals surface area contributed by atoms with Crippen molar-refractivity contribution in [2.45, 2.75) is 6.61 Å². The Hall–Kier alpha value is -1.79. The third-order valence-corrected chi connectivity index (χ3v) is 3.09. The number of ether oxygens (including phenoxy) is 1. The molecule has 3 rings (SSSR count). The van der Waals surface area contributed by atoms with Gasteiger partial charge in [0.2, 0.25) is 0 Å². The van der Waals surface area contributed by atoms with E-state index >= 15 is 0 Å². The number of rotatable bonds is 2. The van der Waals surface area contributed by atoms with Gasteiger partial charge in [0, 0.05) is 24.3 Å². The predicted octanol–water partition coefficient (Wildman–Crippen LogP) is 0.739. The van der Waals surface area contributed by atoms with Crippen molar-refractivity contribution >= 4 is 22.8 Å². The maximum Gasteiger partial charge on any atom is 0.298 e. The number of benzene rings is 1. The Balaban J connectivity index is 1.99. The van der Waals surface area contributed by atoms with Gasteiger partial charge in [-0.05, 0) is 12.1 Å². The SMILES string of the molecule is Nc1cc2nc(N3CCOCC3)oc2cc1CO. The zero-order valence-electron chi connectivity index (χ0n) is 9.93. The van der Waals surface area contributed by atoms with Gasteiger partial charge in [-0.25, -0.2) is 0 Å². The lowest BCUT2D eigenvalue weighted by Gasteiger charge is -2.24. The predicted molar refractivity (Wildman–Crippen MR) is 67.4 cm³/mol. The Morgan fingerprint density at radius 3 is 2.83 bits per heavy atom. The number of oxazole rings is 1. The zero-order chi connectivity index (χ0) is 12.5. The number of aliphatic hydroxyl groups excluding tert-OH is 1. The van der Waals surface area contributed by atoms with Crippen LogP contribution in [0.5, 0.6) is 0 Å². The van der Waals surface area contributed by atoms with E-state index in [1.54, 1.807) is 12.1 Å². The summed E-state index contributed by atoms with van der Waals surface area (Å²) in [6, 6.07) is 4.05. The van der Waals surface area contributed by atoms with Crippen LogP contribution in [-0.2, 0) is 11.3 Å². The maximum atomic E-state index is 9.16. The number of morpholine rings is 1. The van der Waals surface area contributed by atoms with E-state index in [0.29, 0.717) is 41.6 Å². The first-order chi connectivity index (χ1) is 8.78. The Bertz CT molecular complexity index is 561. The molecular formula is C12H15N3O3. The van der Waals surface area contributed by atoms with E-state index in [-0.39, 0.29) is 6.61 Å². The molecule has 1 fully saturated rings. The highest BCUT2D eigenvalue weighted by Crippen LogP contribution is 2.26. The lowest BCUT2D eigenvalue weighted by atomic mass is 10.2. The Morgan fingerprint density at radius 1 is 1.33 bits per heavy atom. The first kappa shape index (κ1) is 11.3. The number of nitrogens with two attached hydrogens (primary N) is 1. The summed E-state index contributed by atoms with van der Waals surface area (Å²) in [6.07, 6.45) is 0. The van der Waals surface area contributed by atoms with Crippen LogP contribution in [0, 0.1) is 0 Å². The molecule has 1 aromatic carbocycles. The Morgan fingerprint density at radius 2 is 2.11 bits per heavy atom. The second kappa shape index (κ2) is 4.47. The fraction of sp³-hybridized carbons (Fsp3) is 0.417. The average molecular weight is 249 g/mol. The summed E-state index contributed by atoms with van der Waals surface area (Å²) in [5.74, 6) is 0. The van der Waals surface area contributed by atoms with Crippen molar-refractivity contribution in [3.8, 4) is 0 Å². The van der Waals surface area contributed by atoms with Crippen LogP contribution in [0.3, 0.4) is 0 Å². The van der Waals surface area contributed by atoms with Gasteiger partial charge in [0.05, 0.1) is 19.8 Å². The maximum absolute atomic E-state index is 9.16. The minimum Gasteiger partial charge on any atom is -0.423 e. The highest BCUT2D eigenvalue weighted by Gasteiger charge is 2.17. The topological polar surface area (TPSA) is 84.8 Å². The van der Waals surface area contributed by atoms with Crippen LogP contribution in [-0.4, -0.2) is 36.4 Å². The van der Waals surface area contributed by atoms with Crippen molar-refractivity contribution in [1.82, 2.24) is 4.98 Å². The van der Waals surface area contributed by atoms with Gasteiger partial charge in [0.25, 0.3) is 6.01 Å². The standard InChI is InChI=1S/C12H15N3O3/c13-9-6-10-11(5-8(9)7-16)18-12(14-10)15-1-3-17-4-2-15/h5-6,16H,1-4,7,13H2. The number of nitrogen functional groups attached to an aromatic ring is 1. The Labute approximate surface area is 104 Å². The van der Waals surface area contributed by atoms with E-state index < -0.39 is 0 Å². The molecule has 6 nitrogen and oxygen atoms in total. The summed E-state index contributed by atoms with van der Waals surface area (Å²) in [5, 5.41) is 9.16. The molecule has 0 saturated carbocycles. The number of fused-ring (bicyclic) bond motifs is 1. The van der Waals surface area contributed by atoms with Crippen molar-refractivity contribution in [3.05, 3.63) is 17.7 Å². The summed E-state index contributed by atoms with van der Waals surface area (Å²) in [7, 11) is 0. The number of aromatic nitrogens is 1. The lowest BCUT2D eigenvalue weighted by Crippen LogP contribution is -2.36. The molecule has 0 atom stereocenters. The summed E-state index contributed by atoms with van der Waals surface area (Å²) < 4.78 is 11.0. The monoisotopic (exact) mass is 249 g/mol. The molecule has 1 aliphatic heterocycles. The van der Waals surface area contributed by atoms with Gasteiger partial charge in [-0.3, -0.25) is 0 Å². The zero-order valence-corrected chi connectivity index (χ0v) is 9.93. The molecule has 1 saturated heterocycles. The normalized spacial score (nSPS) is 16.4. The number of aliphatic hydroxyl groups is 1. The first-order valence-electron chi connectivity index (χ1n) is 5.90. The van der Waals surface area contributed by atoms with Gasteiger partial charge >= 0.3 is 0 Å². The highest BCUT2D eigenvalue weighted by molar-refractivity contribution is 5.80. The second-order valence-electron chi connectivity index (χ2n) is 4.27. The molecule has 0 spiro atoms. The highest BCUT2D eigenvalue weighted by atomic mass is 16.5. The van der Waals surface area contributed by atoms with Crippen molar-refractivity contribution in [1.29, 1.82) is 0 Å². The van der Waals surface area contributed by atoms with Crippen LogP contribution in [0.4, 0.5) is 11.7 Å².